The average Bonchev–Trinajstić information content (AvgIpc) is 2.51. The molecule has 1 aliphatic heterocycles. The Morgan fingerprint density at radius 2 is 1.94 bits per heavy atom. The summed E-state index contributed by atoms with van der Waals surface area (Å²) in [4.78, 5) is 25.3. The van der Waals surface area contributed by atoms with E-state index in [1.807, 2.05) is 19.9 Å². The van der Waals surface area contributed by atoms with Crippen LogP contribution >= 0.6 is 11.6 Å². The van der Waals surface area contributed by atoms with E-state index in [-0.39, 0.29) is 0 Å². The number of fused-ring (bicyclic) bond motifs is 1. The molecule has 0 unspecified atom stereocenters. The van der Waals surface area contributed by atoms with E-state index >= 15 is 0 Å². The molecule has 90 valence electrons. The maximum atomic E-state index is 11.9. The molecule has 1 aliphatic rings. The maximum Gasteiger partial charge on any atom is 0.299 e. The van der Waals surface area contributed by atoms with Gasteiger partial charge in [0.15, 0.2) is 0 Å². The minimum Gasteiger partial charge on any atom is -0.304 e. The summed E-state index contributed by atoms with van der Waals surface area (Å²) in [5.41, 5.74) is 3.26. The SMILES string of the molecule is Cc1cc(C)c2c(c1)C(=O)C(=O)N2CCCCl. The summed E-state index contributed by atoms with van der Waals surface area (Å²) in [7, 11) is 0. The van der Waals surface area contributed by atoms with Gasteiger partial charge < -0.3 is 4.90 Å². The predicted molar refractivity (Wildman–Crippen MR) is 67.9 cm³/mol. The van der Waals surface area contributed by atoms with E-state index in [2.05, 4.69) is 0 Å². The minimum absolute atomic E-state index is 0.402. The zero-order chi connectivity index (χ0) is 12.6. The number of aryl methyl sites for hydroxylation is 2. The quantitative estimate of drug-likeness (QED) is 0.611. The van der Waals surface area contributed by atoms with Gasteiger partial charge in [-0.1, -0.05) is 6.07 Å². The predicted octanol–water partition coefficient (Wildman–Crippen LogP) is 2.46. The molecule has 0 aromatic heterocycles. The Kier molecular flexibility index (Phi) is 3.20. The van der Waals surface area contributed by atoms with Gasteiger partial charge in [0.25, 0.3) is 11.7 Å². The highest BCUT2D eigenvalue weighted by Crippen LogP contribution is 2.33. The highest BCUT2D eigenvalue weighted by molar-refractivity contribution is 6.52. The molecule has 1 heterocycles. The third-order valence-corrected chi connectivity index (χ3v) is 3.18. The fraction of sp³-hybridized carbons (Fsp3) is 0.385. The minimum atomic E-state index is -0.432. The molecule has 0 N–H and O–H groups in total. The van der Waals surface area contributed by atoms with Crippen molar-refractivity contribution >= 4 is 29.0 Å². The second-order valence-electron chi connectivity index (χ2n) is 4.31. The lowest BCUT2D eigenvalue weighted by atomic mass is 10.0. The van der Waals surface area contributed by atoms with Crippen LogP contribution in [0.2, 0.25) is 0 Å². The highest BCUT2D eigenvalue weighted by atomic mass is 35.5. The molecular formula is C13H14ClNO2. The first-order valence-corrected chi connectivity index (χ1v) is 6.13. The van der Waals surface area contributed by atoms with Crippen molar-refractivity contribution in [3.63, 3.8) is 0 Å². The Balaban J connectivity index is 2.48. The number of hydrogen-bond acceptors (Lipinski definition) is 2. The number of anilines is 1. The topological polar surface area (TPSA) is 37.4 Å². The van der Waals surface area contributed by atoms with Gasteiger partial charge in [0.2, 0.25) is 0 Å². The normalized spacial score (nSPS) is 14.4. The summed E-state index contributed by atoms with van der Waals surface area (Å²) in [6.07, 6.45) is 0.688. The van der Waals surface area contributed by atoms with E-state index in [0.717, 1.165) is 16.8 Å². The first-order valence-electron chi connectivity index (χ1n) is 5.59. The first-order chi connectivity index (χ1) is 8.06. The van der Waals surface area contributed by atoms with Crippen LogP contribution in [0.3, 0.4) is 0 Å². The van der Waals surface area contributed by atoms with Crippen molar-refractivity contribution < 1.29 is 9.59 Å². The van der Waals surface area contributed by atoms with E-state index in [0.29, 0.717) is 24.4 Å². The molecule has 1 aromatic rings. The van der Waals surface area contributed by atoms with Crippen LogP contribution in [0.25, 0.3) is 0 Å². The van der Waals surface area contributed by atoms with Crippen LogP contribution in [0, 0.1) is 13.8 Å². The maximum absolute atomic E-state index is 11.9. The van der Waals surface area contributed by atoms with Gasteiger partial charge in [0.1, 0.15) is 0 Å². The average molecular weight is 252 g/mol. The van der Waals surface area contributed by atoms with Crippen molar-refractivity contribution in [2.24, 2.45) is 0 Å². The molecule has 3 nitrogen and oxygen atoms in total. The van der Waals surface area contributed by atoms with Crippen molar-refractivity contribution in [2.75, 3.05) is 17.3 Å². The van der Waals surface area contributed by atoms with Crippen molar-refractivity contribution in [1.29, 1.82) is 0 Å². The molecule has 0 aliphatic carbocycles. The number of amides is 1. The lowest BCUT2D eigenvalue weighted by Gasteiger charge is -2.18. The van der Waals surface area contributed by atoms with E-state index < -0.39 is 11.7 Å². The van der Waals surface area contributed by atoms with Crippen molar-refractivity contribution in [3.8, 4) is 0 Å². The Morgan fingerprint density at radius 3 is 2.59 bits per heavy atom. The van der Waals surface area contributed by atoms with Crippen LogP contribution in [0.1, 0.15) is 27.9 Å². The van der Waals surface area contributed by atoms with Gasteiger partial charge in [0, 0.05) is 12.4 Å². The van der Waals surface area contributed by atoms with Crippen LogP contribution in [0.15, 0.2) is 12.1 Å². The third kappa shape index (κ3) is 1.95. The number of rotatable bonds is 3. The molecule has 0 saturated heterocycles. The summed E-state index contributed by atoms with van der Waals surface area (Å²) in [6, 6.07) is 3.77. The number of nitrogens with zero attached hydrogens (tertiary/aromatic N) is 1. The summed E-state index contributed by atoms with van der Waals surface area (Å²) >= 11 is 5.63. The van der Waals surface area contributed by atoms with Crippen LogP contribution in [-0.2, 0) is 4.79 Å². The molecule has 0 radical (unpaired) electrons. The van der Waals surface area contributed by atoms with Crippen LogP contribution in [0.5, 0.6) is 0 Å². The number of hydrogen-bond donors (Lipinski definition) is 0. The Morgan fingerprint density at radius 1 is 1.24 bits per heavy atom. The largest absolute Gasteiger partial charge is 0.304 e. The summed E-state index contributed by atoms with van der Waals surface area (Å²) in [5.74, 6) is -0.349. The fourth-order valence-electron chi connectivity index (χ4n) is 2.26. The van der Waals surface area contributed by atoms with Gasteiger partial charge in [0.05, 0.1) is 11.3 Å². The number of ketones is 1. The summed E-state index contributed by atoms with van der Waals surface area (Å²) < 4.78 is 0. The van der Waals surface area contributed by atoms with Gasteiger partial charge in [-0.05, 0) is 37.5 Å². The summed E-state index contributed by atoms with van der Waals surface area (Å²) in [6.45, 7) is 4.35. The molecular weight excluding hydrogens is 238 g/mol. The van der Waals surface area contributed by atoms with Gasteiger partial charge in [-0.3, -0.25) is 9.59 Å². The standard InChI is InChI=1S/C13H14ClNO2/c1-8-6-9(2)11-10(7-8)12(16)13(17)15(11)5-3-4-14/h6-7H,3-5H2,1-2H3. The van der Waals surface area contributed by atoms with Crippen LogP contribution in [-0.4, -0.2) is 24.1 Å². The van der Waals surface area contributed by atoms with E-state index in [1.165, 1.54) is 0 Å². The molecule has 0 saturated carbocycles. The zero-order valence-electron chi connectivity index (χ0n) is 9.92. The van der Waals surface area contributed by atoms with Gasteiger partial charge in [-0.2, -0.15) is 0 Å². The van der Waals surface area contributed by atoms with Gasteiger partial charge in [-0.25, -0.2) is 0 Å². The number of carbonyl (C=O) groups excluding carboxylic acids is 2. The lowest BCUT2D eigenvalue weighted by Crippen LogP contribution is -2.31. The number of halogens is 1. The Labute approximate surface area is 105 Å². The van der Waals surface area contributed by atoms with Crippen molar-refractivity contribution in [3.05, 3.63) is 28.8 Å². The summed E-state index contributed by atoms with van der Waals surface area (Å²) in [5, 5.41) is 0. The number of Topliss-reactive ketones (excluding diaryl/α,β-unsaturated/α-hetero) is 1. The molecule has 0 bridgehead atoms. The molecule has 1 amide bonds. The molecule has 0 atom stereocenters. The molecule has 0 spiro atoms. The van der Waals surface area contributed by atoms with Crippen molar-refractivity contribution in [2.45, 2.75) is 20.3 Å². The van der Waals surface area contributed by atoms with E-state index in [4.69, 9.17) is 11.6 Å². The monoisotopic (exact) mass is 251 g/mol. The van der Waals surface area contributed by atoms with Gasteiger partial charge >= 0.3 is 0 Å². The second-order valence-corrected chi connectivity index (χ2v) is 4.68. The van der Waals surface area contributed by atoms with E-state index in [9.17, 15) is 9.59 Å². The smallest absolute Gasteiger partial charge is 0.299 e. The van der Waals surface area contributed by atoms with Gasteiger partial charge in [-0.15, -0.1) is 11.6 Å². The van der Waals surface area contributed by atoms with Crippen LogP contribution < -0.4 is 4.90 Å². The first kappa shape index (κ1) is 12.1. The number of benzene rings is 1. The molecule has 0 fully saturated rings. The number of carbonyl (C=O) groups is 2. The molecule has 4 heteroatoms. The Bertz CT molecular complexity index is 496. The molecule has 1 aromatic carbocycles. The zero-order valence-corrected chi connectivity index (χ0v) is 10.7. The molecule has 2 rings (SSSR count). The van der Waals surface area contributed by atoms with Crippen LogP contribution in [0.4, 0.5) is 5.69 Å². The third-order valence-electron chi connectivity index (χ3n) is 2.91. The molecule has 17 heavy (non-hydrogen) atoms. The second kappa shape index (κ2) is 4.49. The van der Waals surface area contributed by atoms with E-state index in [1.54, 1.807) is 11.0 Å². The number of alkyl halides is 1. The highest BCUT2D eigenvalue weighted by Gasteiger charge is 2.36. The fourth-order valence-corrected chi connectivity index (χ4v) is 2.38. The lowest BCUT2D eigenvalue weighted by molar-refractivity contribution is -0.114. The van der Waals surface area contributed by atoms with Crippen molar-refractivity contribution in [1.82, 2.24) is 0 Å². The Hall–Kier alpha value is -1.35.